The van der Waals surface area contributed by atoms with E-state index in [0.717, 1.165) is 5.52 Å². The number of hydrogen-bond acceptors (Lipinski definition) is 6. The monoisotopic (exact) mass is 315 g/mol. The third-order valence-electron chi connectivity index (χ3n) is 3.07. The highest BCUT2D eigenvalue weighted by Crippen LogP contribution is 2.21. The number of nitrogens with one attached hydrogen (secondary N) is 2. The Bertz CT molecular complexity index is 1050. The third-order valence-corrected chi connectivity index (χ3v) is 4.18. The summed E-state index contributed by atoms with van der Waals surface area (Å²) in [4.78, 5) is 7.82. The average Bonchev–Trinajstić information content (AvgIpc) is 3.12. The van der Waals surface area contributed by atoms with E-state index in [-0.39, 0.29) is 11.0 Å². The Balaban J connectivity index is 1.77. The number of aromatic nitrogens is 6. The van der Waals surface area contributed by atoms with Crippen molar-refractivity contribution in [3.63, 3.8) is 0 Å². The molecular weight excluding hydrogens is 306 g/mol. The Morgan fingerprint density at radius 3 is 2.91 bits per heavy atom. The summed E-state index contributed by atoms with van der Waals surface area (Å²) < 4.78 is 28.5. The highest BCUT2D eigenvalue weighted by molar-refractivity contribution is 7.92. The lowest BCUT2D eigenvalue weighted by atomic mass is 10.2. The molecule has 0 spiro atoms. The van der Waals surface area contributed by atoms with Gasteiger partial charge < -0.3 is 0 Å². The summed E-state index contributed by atoms with van der Waals surface area (Å²) in [6.07, 6.45) is 2.89. The van der Waals surface area contributed by atoms with Gasteiger partial charge in [0.2, 0.25) is 0 Å². The molecule has 0 radical (unpaired) electrons. The zero-order chi connectivity index (χ0) is 15.2. The van der Waals surface area contributed by atoms with E-state index in [9.17, 15) is 8.42 Å². The normalized spacial score (nSPS) is 12.0. The van der Waals surface area contributed by atoms with Crippen LogP contribution in [-0.4, -0.2) is 38.2 Å². The van der Waals surface area contributed by atoms with Crippen LogP contribution in [0.2, 0.25) is 0 Å². The maximum atomic E-state index is 12.4. The van der Waals surface area contributed by atoms with Crippen LogP contribution in [0.5, 0.6) is 0 Å². The fourth-order valence-electron chi connectivity index (χ4n) is 2.05. The summed E-state index contributed by atoms with van der Waals surface area (Å²) in [6.45, 7) is 0. The van der Waals surface area contributed by atoms with Crippen molar-refractivity contribution in [1.82, 2.24) is 29.8 Å². The van der Waals surface area contributed by atoms with Crippen LogP contribution in [0.4, 0.5) is 5.82 Å². The number of fused-ring (bicyclic) bond motifs is 2. The molecule has 0 amide bonds. The SMILES string of the molecule is O=S(=O)(Nc1n[nH]c2ccccc12)c1nc2ccncn2n1. The van der Waals surface area contributed by atoms with Gasteiger partial charge >= 0.3 is 10.0 Å². The molecule has 2 N–H and O–H groups in total. The van der Waals surface area contributed by atoms with Crippen LogP contribution < -0.4 is 4.72 Å². The van der Waals surface area contributed by atoms with E-state index in [4.69, 9.17) is 0 Å². The molecule has 9 nitrogen and oxygen atoms in total. The Morgan fingerprint density at radius 2 is 2.05 bits per heavy atom. The van der Waals surface area contributed by atoms with Gasteiger partial charge in [0.05, 0.1) is 5.52 Å². The highest BCUT2D eigenvalue weighted by atomic mass is 32.2. The van der Waals surface area contributed by atoms with E-state index in [1.165, 1.54) is 17.0 Å². The van der Waals surface area contributed by atoms with Gasteiger partial charge in [-0.2, -0.15) is 18.5 Å². The lowest BCUT2D eigenvalue weighted by Gasteiger charge is -2.01. The topological polar surface area (TPSA) is 118 Å². The van der Waals surface area contributed by atoms with Gasteiger partial charge in [-0.25, -0.2) is 9.50 Å². The van der Waals surface area contributed by atoms with Crippen molar-refractivity contribution in [1.29, 1.82) is 0 Å². The van der Waals surface area contributed by atoms with Crippen LogP contribution in [0.1, 0.15) is 0 Å². The zero-order valence-corrected chi connectivity index (χ0v) is 11.8. The van der Waals surface area contributed by atoms with Crippen LogP contribution in [0, 0.1) is 0 Å². The molecule has 0 aliphatic rings. The predicted molar refractivity (Wildman–Crippen MR) is 77.7 cm³/mol. The summed E-state index contributed by atoms with van der Waals surface area (Å²) in [5.74, 6) is 0.201. The van der Waals surface area contributed by atoms with Gasteiger partial charge in [0, 0.05) is 17.6 Å². The molecule has 0 fully saturated rings. The molecule has 3 aromatic heterocycles. The first-order valence-electron chi connectivity index (χ1n) is 6.26. The molecule has 3 heterocycles. The second kappa shape index (κ2) is 4.49. The van der Waals surface area contributed by atoms with Crippen LogP contribution in [0.15, 0.2) is 48.0 Å². The van der Waals surface area contributed by atoms with Gasteiger partial charge in [-0.1, -0.05) is 12.1 Å². The quantitative estimate of drug-likeness (QED) is 0.577. The van der Waals surface area contributed by atoms with Crippen LogP contribution in [-0.2, 0) is 10.0 Å². The smallest absolute Gasteiger partial charge is 0.276 e. The molecule has 0 unspecified atom stereocenters. The summed E-state index contributed by atoms with van der Waals surface area (Å²) in [6, 6.07) is 8.75. The van der Waals surface area contributed by atoms with E-state index in [2.05, 4.69) is 30.0 Å². The van der Waals surface area contributed by atoms with Crippen molar-refractivity contribution in [3.05, 3.63) is 42.9 Å². The lowest BCUT2D eigenvalue weighted by Crippen LogP contribution is -2.15. The minimum Gasteiger partial charge on any atom is -0.276 e. The second-order valence-corrected chi connectivity index (χ2v) is 6.08. The standard InChI is InChI=1S/C12H9N7O2S/c20-22(21,12-14-10-5-6-13-7-19(10)17-12)18-11-8-3-1-2-4-9(8)15-16-11/h1-7H,(H2,15,16,18). The van der Waals surface area contributed by atoms with Crippen molar-refractivity contribution >= 4 is 32.4 Å². The van der Waals surface area contributed by atoms with Crippen molar-refractivity contribution in [2.75, 3.05) is 4.72 Å². The molecule has 4 rings (SSSR count). The Labute approximate surface area is 124 Å². The Hall–Kier alpha value is -3.01. The number of hydrogen-bond donors (Lipinski definition) is 2. The molecule has 0 saturated carbocycles. The van der Waals surface area contributed by atoms with E-state index < -0.39 is 10.0 Å². The number of rotatable bonds is 3. The minimum atomic E-state index is -3.94. The molecular formula is C12H9N7O2S. The molecule has 22 heavy (non-hydrogen) atoms. The zero-order valence-electron chi connectivity index (χ0n) is 11.0. The number of para-hydroxylation sites is 1. The first-order chi connectivity index (χ1) is 10.6. The van der Waals surface area contributed by atoms with E-state index in [1.54, 1.807) is 24.3 Å². The van der Waals surface area contributed by atoms with Gasteiger partial charge in [-0.15, -0.1) is 5.10 Å². The summed E-state index contributed by atoms with van der Waals surface area (Å²) in [5.41, 5.74) is 1.12. The maximum Gasteiger partial charge on any atom is 0.300 e. The molecule has 0 bridgehead atoms. The number of sulfonamides is 1. The first kappa shape index (κ1) is 12.7. The van der Waals surface area contributed by atoms with Crippen molar-refractivity contribution in [2.45, 2.75) is 5.16 Å². The van der Waals surface area contributed by atoms with Gasteiger partial charge in [-0.3, -0.25) is 9.82 Å². The van der Waals surface area contributed by atoms with Gasteiger partial charge in [0.25, 0.3) is 5.16 Å². The summed E-state index contributed by atoms with van der Waals surface area (Å²) >= 11 is 0. The average molecular weight is 315 g/mol. The van der Waals surface area contributed by atoms with E-state index in [0.29, 0.717) is 11.0 Å². The van der Waals surface area contributed by atoms with Gasteiger partial charge in [-0.05, 0) is 12.1 Å². The molecule has 10 heteroatoms. The van der Waals surface area contributed by atoms with Crippen molar-refractivity contribution in [2.24, 2.45) is 0 Å². The van der Waals surface area contributed by atoms with Gasteiger partial charge in [0.15, 0.2) is 11.5 Å². The molecule has 110 valence electrons. The fourth-order valence-corrected chi connectivity index (χ4v) is 2.96. The number of nitrogens with zero attached hydrogens (tertiary/aromatic N) is 5. The number of H-pyrrole nitrogens is 1. The third kappa shape index (κ3) is 1.97. The molecule has 4 aromatic rings. The molecule has 0 atom stereocenters. The van der Waals surface area contributed by atoms with E-state index in [1.807, 2.05) is 6.07 Å². The molecule has 1 aromatic carbocycles. The van der Waals surface area contributed by atoms with Crippen LogP contribution in [0.25, 0.3) is 16.6 Å². The predicted octanol–water partition coefficient (Wildman–Crippen LogP) is 0.801. The number of anilines is 1. The summed E-state index contributed by atoms with van der Waals surface area (Å²) in [5, 5.41) is 10.9. The van der Waals surface area contributed by atoms with Crippen LogP contribution in [0.3, 0.4) is 0 Å². The molecule has 0 saturated heterocycles. The van der Waals surface area contributed by atoms with Crippen molar-refractivity contribution < 1.29 is 8.42 Å². The van der Waals surface area contributed by atoms with E-state index >= 15 is 0 Å². The maximum absolute atomic E-state index is 12.4. The number of aromatic amines is 1. The second-order valence-electron chi connectivity index (χ2n) is 4.50. The molecule has 0 aliphatic heterocycles. The first-order valence-corrected chi connectivity index (χ1v) is 7.74. The fraction of sp³-hybridized carbons (Fsp3) is 0. The highest BCUT2D eigenvalue weighted by Gasteiger charge is 2.22. The van der Waals surface area contributed by atoms with Crippen molar-refractivity contribution in [3.8, 4) is 0 Å². The summed E-state index contributed by atoms with van der Waals surface area (Å²) in [7, 11) is -3.94. The van der Waals surface area contributed by atoms with Crippen LogP contribution >= 0.6 is 0 Å². The molecule has 0 aliphatic carbocycles. The Morgan fingerprint density at radius 1 is 1.18 bits per heavy atom. The minimum absolute atomic E-state index is 0.201. The lowest BCUT2D eigenvalue weighted by molar-refractivity contribution is 0.592. The van der Waals surface area contributed by atoms with Gasteiger partial charge in [0.1, 0.15) is 6.33 Å². The number of benzene rings is 1. The largest absolute Gasteiger partial charge is 0.300 e. The Kier molecular flexibility index (Phi) is 2.60.